The lowest BCUT2D eigenvalue weighted by atomic mass is 10.1. The number of carbonyl (C=O) groups excluding carboxylic acids is 1. The van der Waals surface area contributed by atoms with E-state index in [-0.39, 0.29) is 11.8 Å². The van der Waals surface area contributed by atoms with Crippen molar-refractivity contribution in [1.29, 1.82) is 0 Å². The molecule has 0 radical (unpaired) electrons. The number of carbonyl (C=O) groups is 1. The zero-order valence-corrected chi connectivity index (χ0v) is 11.9. The van der Waals surface area contributed by atoms with E-state index in [2.05, 4.69) is 10.1 Å². The van der Waals surface area contributed by atoms with Crippen molar-refractivity contribution in [3.8, 4) is 0 Å². The number of nitrogens with zero attached hydrogens (tertiary/aromatic N) is 2. The van der Waals surface area contributed by atoms with Gasteiger partial charge in [0.1, 0.15) is 23.2 Å². The van der Waals surface area contributed by atoms with Crippen LogP contribution in [0.1, 0.15) is 21.8 Å². The first kappa shape index (κ1) is 13.6. The first-order valence-corrected chi connectivity index (χ1v) is 6.66. The van der Waals surface area contributed by atoms with Crippen molar-refractivity contribution in [3.05, 3.63) is 58.6 Å². The van der Waals surface area contributed by atoms with Crippen LogP contribution in [0.25, 0.3) is 10.9 Å². The Kier molecular flexibility index (Phi) is 3.58. The summed E-state index contributed by atoms with van der Waals surface area (Å²) in [5, 5.41) is 4.72. The van der Waals surface area contributed by atoms with Crippen LogP contribution in [0.4, 0.5) is 0 Å². The fourth-order valence-corrected chi connectivity index (χ4v) is 2.22. The zero-order chi connectivity index (χ0) is 14.8. The molecule has 3 aromatic rings. The van der Waals surface area contributed by atoms with Crippen molar-refractivity contribution in [3.63, 3.8) is 0 Å². The summed E-state index contributed by atoms with van der Waals surface area (Å²) >= 11 is 5.94. The molecule has 0 saturated heterocycles. The highest BCUT2D eigenvalue weighted by molar-refractivity contribution is 6.30. The quantitative estimate of drug-likeness (QED) is 0.547. The van der Waals surface area contributed by atoms with E-state index in [4.69, 9.17) is 20.9 Å². The molecule has 0 atom stereocenters. The molecule has 2 heterocycles. The summed E-state index contributed by atoms with van der Waals surface area (Å²) in [7, 11) is 0. The molecule has 0 unspecified atom stereocenters. The van der Waals surface area contributed by atoms with Gasteiger partial charge in [0, 0.05) is 11.5 Å². The average Bonchev–Trinajstić information content (AvgIpc) is 2.89. The minimum Gasteiger partial charge on any atom is -0.455 e. The van der Waals surface area contributed by atoms with Crippen LogP contribution in [0.5, 0.6) is 0 Å². The van der Waals surface area contributed by atoms with Gasteiger partial charge in [-0.2, -0.15) is 0 Å². The largest absolute Gasteiger partial charge is 0.455 e. The molecule has 0 N–H and O–H groups in total. The van der Waals surface area contributed by atoms with Crippen LogP contribution in [0.15, 0.2) is 40.9 Å². The molecule has 5 nitrogen and oxygen atoms in total. The van der Waals surface area contributed by atoms with Gasteiger partial charge in [-0.1, -0.05) is 35.0 Å². The van der Waals surface area contributed by atoms with Crippen molar-refractivity contribution in [2.45, 2.75) is 13.5 Å². The van der Waals surface area contributed by atoms with E-state index in [1.807, 2.05) is 12.1 Å². The smallest absolute Gasteiger partial charge is 0.339 e. The second-order valence-electron chi connectivity index (χ2n) is 4.51. The summed E-state index contributed by atoms with van der Waals surface area (Å²) in [5.41, 5.74) is 1.59. The van der Waals surface area contributed by atoms with Gasteiger partial charge in [-0.05, 0) is 19.1 Å². The zero-order valence-electron chi connectivity index (χ0n) is 11.2. The Balaban J connectivity index is 1.87. The van der Waals surface area contributed by atoms with Gasteiger partial charge in [0.25, 0.3) is 0 Å². The van der Waals surface area contributed by atoms with Crippen LogP contribution < -0.4 is 0 Å². The lowest BCUT2D eigenvalue weighted by Gasteiger charge is -2.06. The topological polar surface area (TPSA) is 65.2 Å². The van der Waals surface area contributed by atoms with Crippen LogP contribution in [0.3, 0.4) is 0 Å². The number of hydrogen-bond donors (Lipinski definition) is 0. The third-order valence-corrected chi connectivity index (χ3v) is 3.13. The molecule has 1 aromatic carbocycles. The van der Waals surface area contributed by atoms with Crippen LogP contribution in [0.2, 0.25) is 5.15 Å². The summed E-state index contributed by atoms with van der Waals surface area (Å²) in [6.07, 6.45) is 0. The molecule has 0 aliphatic heterocycles. The fraction of sp³-hybridized carbons (Fsp3) is 0.133. The maximum atomic E-state index is 12.2. The number of halogens is 1. The highest BCUT2D eigenvalue weighted by Gasteiger charge is 2.14. The van der Waals surface area contributed by atoms with Gasteiger partial charge in [-0.15, -0.1) is 0 Å². The Labute approximate surface area is 125 Å². The number of para-hydroxylation sites is 1. The summed E-state index contributed by atoms with van der Waals surface area (Å²) in [6, 6.07) is 10.5. The Morgan fingerprint density at radius 1 is 1.33 bits per heavy atom. The number of aromatic nitrogens is 2. The minimum atomic E-state index is -0.476. The minimum absolute atomic E-state index is 0.0461. The van der Waals surface area contributed by atoms with Gasteiger partial charge < -0.3 is 9.26 Å². The Morgan fingerprint density at radius 3 is 2.90 bits per heavy atom. The summed E-state index contributed by atoms with van der Waals surface area (Å²) in [5.74, 6) is 0.189. The summed E-state index contributed by atoms with van der Waals surface area (Å²) < 4.78 is 10.2. The highest BCUT2D eigenvalue weighted by Crippen LogP contribution is 2.21. The van der Waals surface area contributed by atoms with Crippen LogP contribution in [-0.4, -0.2) is 16.1 Å². The lowest BCUT2D eigenvalue weighted by molar-refractivity contribution is 0.0466. The van der Waals surface area contributed by atoms with E-state index in [1.165, 1.54) is 6.07 Å². The molecule has 106 valence electrons. The molecule has 0 aliphatic carbocycles. The molecule has 0 fully saturated rings. The predicted molar refractivity (Wildman–Crippen MR) is 77.1 cm³/mol. The standard InChI is InChI=1S/C15H11ClN2O3/c1-9-6-10(18-21-9)8-20-15(19)12-7-14(16)17-13-5-3-2-4-11(12)13/h2-7H,8H2,1H3. The molecule has 6 heteroatoms. The van der Waals surface area contributed by atoms with Gasteiger partial charge in [0.15, 0.2) is 0 Å². The van der Waals surface area contributed by atoms with Crippen molar-refractivity contribution < 1.29 is 14.1 Å². The molecule has 21 heavy (non-hydrogen) atoms. The third kappa shape index (κ3) is 2.87. The predicted octanol–water partition coefficient (Wildman–Crippen LogP) is 3.54. The van der Waals surface area contributed by atoms with E-state index in [0.29, 0.717) is 27.9 Å². The Hall–Kier alpha value is -2.40. The Bertz CT molecular complexity index is 814. The number of hydrogen-bond acceptors (Lipinski definition) is 5. The van der Waals surface area contributed by atoms with Crippen molar-refractivity contribution >= 4 is 28.5 Å². The molecule has 0 bridgehead atoms. The average molecular weight is 303 g/mol. The normalized spacial score (nSPS) is 10.8. The van der Waals surface area contributed by atoms with E-state index < -0.39 is 5.97 Å². The molecule has 0 amide bonds. The van der Waals surface area contributed by atoms with Gasteiger partial charge in [-0.25, -0.2) is 9.78 Å². The maximum absolute atomic E-state index is 12.2. The number of benzene rings is 1. The van der Waals surface area contributed by atoms with Crippen molar-refractivity contribution in [2.75, 3.05) is 0 Å². The van der Waals surface area contributed by atoms with Crippen LogP contribution in [0, 0.1) is 6.92 Å². The number of rotatable bonds is 3. The number of pyridine rings is 1. The van der Waals surface area contributed by atoms with E-state index in [0.717, 1.165) is 0 Å². The molecule has 0 aliphatic rings. The van der Waals surface area contributed by atoms with E-state index >= 15 is 0 Å². The van der Waals surface area contributed by atoms with Crippen molar-refractivity contribution in [2.24, 2.45) is 0 Å². The van der Waals surface area contributed by atoms with Gasteiger partial charge in [0.05, 0.1) is 11.1 Å². The van der Waals surface area contributed by atoms with Gasteiger partial charge >= 0.3 is 5.97 Å². The van der Waals surface area contributed by atoms with Crippen molar-refractivity contribution in [1.82, 2.24) is 10.1 Å². The molecule has 0 spiro atoms. The van der Waals surface area contributed by atoms with E-state index in [9.17, 15) is 4.79 Å². The molecule has 3 rings (SSSR count). The number of fused-ring (bicyclic) bond motifs is 1. The molecular formula is C15H11ClN2O3. The second kappa shape index (κ2) is 5.54. The van der Waals surface area contributed by atoms with E-state index in [1.54, 1.807) is 25.1 Å². The van der Waals surface area contributed by atoms with Gasteiger partial charge in [-0.3, -0.25) is 0 Å². The first-order chi connectivity index (χ1) is 10.1. The first-order valence-electron chi connectivity index (χ1n) is 6.28. The third-order valence-electron chi connectivity index (χ3n) is 2.93. The fourth-order valence-electron chi connectivity index (χ4n) is 2.02. The SMILES string of the molecule is Cc1cc(COC(=O)c2cc(Cl)nc3ccccc23)no1. The molecule has 0 saturated carbocycles. The molecule has 2 aromatic heterocycles. The van der Waals surface area contributed by atoms with Gasteiger partial charge in [0.2, 0.25) is 0 Å². The Morgan fingerprint density at radius 2 is 2.14 bits per heavy atom. The summed E-state index contributed by atoms with van der Waals surface area (Å²) in [4.78, 5) is 16.4. The molecular weight excluding hydrogens is 292 g/mol. The van der Waals surface area contributed by atoms with Crippen LogP contribution >= 0.6 is 11.6 Å². The maximum Gasteiger partial charge on any atom is 0.339 e. The number of esters is 1. The number of ether oxygens (including phenoxy) is 1. The number of aryl methyl sites for hydroxylation is 1. The monoisotopic (exact) mass is 302 g/mol. The second-order valence-corrected chi connectivity index (χ2v) is 4.90. The lowest BCUT2D eigenvalue weighted by Crippen LogP contribution is -2.06. The summed E-state index contributed by atoms with van der Waals surface area (Å²) in [6.45, 7) is 1.82. The highest BCUT2D eigenvalue weighted by atomic mass is 35.5. The van der Waals surface area contributed by atoms with Crippen LogP contribution in [-0.2, 0) is 11.3 Å².